The molecule has 1 N–H and O–H groups in total. The normalized spacial score (nSPS) is 12.5. The summed E-state index contributed by atoms with van der Waals surface area (Å²) in [4.78, 5) is 0.139. The molecule has 2 rings (SSSR count). The summed E-state index contributed by atoms with van der Waals surface area (Å²) in [6.07, 6.45) is 1.69. The summed E-state index contributed by atoms with van der Waals surface area (Å²) in [5.41, 5.74) is 0.318. The van der Waals surface area contributed by atoms with Gasteiger partial charge in [-0.15, -0.1) is 11.3 Å². The first kappa shape index (κ1) is 18.9. The van der Waals surface area contributed by atoms with Crippen LogP contribution in [0.3, 0.4) is 0 Å². The van der Waals surface area contributed by atoms with Crippen LogP contribution in [0.25, 0.3) is 0 Å². The largest absolute Gasteiger partial charge is 0.279 e. The fourth-order valence-electron chi connectivity index (χ4n) is 2.00. The van der Waals surface area contributed by atoms with Crippen LogP contribution < -0.4 is 4.72 Å². The molecule has 0 unspecified atom stereocenters. The second-order valence-electron chi connectivity index (χ2n) is 5.24. The highest BCUT2D eigenvalue weighted by Gasteiger charge is 2.21. The van der Waals surface area contributed by atoms with Crippen LogP contribution in [-0.4, -0.2) is 34.7 Å². The Hall–Kier alpha value is -1.42. The molecule has 0 fully saturated rings. The van der Waals surface area contributed by atoms with Crippen molar-refractivity contribution in [1.29, 1.82) is 0 Å². The molecule has 0 saturated heterocycles. The number of sulfonamides is 2. The van der Waals surface area contributed by atoms with Gasteiger partial charge >= 0.3 is 0 Å². The Kier molecular flexibility index (Phi) is 6.02. The van der Waals surface area contributed by atoms with E-state index in [4.69, 9.17) is 0 Å². The molecule has 1 aromatic heterocycles. The first-order valence-corrected chi connectivity index (χ1v) is 11.2. The van der Waals surface area contributed by atoms with Gasteiger partial charge in [-0.2, -0.15) is 0 Å². The zero-order valence-electron chi connectivity index (χ0n) is 13.5. The molecule has 24 heavy (non-hydrogen) atoms. The van der Waals surface area contributed by atoms with Gasteiger partial charge in [0, 0.05) is 19.3 Å². The van der Waals surface area contributed by atoms with Crippen molar-refractivity contribution >= 4 is 37.1 Å². The predicted octanol–water partition coefficient (Wildman–Crippen LogP) is 2.97. The molecule has 132 valence electrons. The molecule has 1 heterocycles. The van der Waals surface area contributed by atoms with Crippen LogP contribution in [0, 0.1) is 0 Å². The predicted molar refractivity (Wildman–Crippen MR) is 96.3 cm³/mol. The van der Waals surface area contributed by atoms with E-state index < -0.39 is 20.0 Å². The van der Waals surface area contributed by atoms with Crippen molar-refractivity contribution in [2.24, 2.45) is 0 Å². The number of thiophene rings is 1. The van der Waals surface area contributed by atoms with E-state index in [9.17, 15) is 16.8 Å². The Morgan fingerprint density at radius 2 is 1.75 bits per heavy atom. The molecule has 9 heteroatoms. The molecule has 0 saturated carbocycles. The number of nitrogens with one attached hydrogen (secondary N) is 1. The van der Waals surface area contributed by atoms with Crippen LogP contribution >= 0.6 is 11.3 Å². The molecular formula is C15H20N2O4S3. The topological polar surface area (TPSA) is 83.6 Å². The summed E-state index contributed by atoms with van der Waals surface area (Å²) < 4.78 is 53.1. The van der Waals surface area contributed by atoms with Gasteiger partial charge in [0.05, 0.1) is 4.90 Å². The van der Waals surface area contributed by atoms with E-state index in [0.29, 0.717) is 12.2 Å². The van der Waals surface area contributed by atoms with Crippen molar-refractivity contribution in [3.63, 3.8) is 0 Å². The molecule has 0 aliphatic carbocycles. The second kappa shape index (κ2) is 7.64. The van der Waals surface area contributed by atoms with Crippen molar-refractivity contribution in [3.8, 4) is 0 Å². The number of nitrogens with zero attached hydrogens (tertiary/aromatic N) is 1. The lowest BCUT2D eigenvalue weighted by Crippen LogP contribution is -2.27. The van der Waals surface area contributed by atoms with Gasteiger partial charge in [-0.1, -0.05) is 19.4 Å². The monoisotopic (exact) mass is 388 g/mol. The second-order valence-corrected chi connectivity index (χ2v) is 10.1. The minimum atomic E-state index is -3.64. The standard InChI is InChI=1S/C15H20N2O4S3/c1-3-4-11-17(2)24(20,21)14-9-7-13(8-10-14)16-23(18,19)15-6-5-12-22-15/h5-10,12,16H,3-4,11H2,1-2H3. The fourth-order valence-corrected chi connectivity index (χ4v) is 5.26. The highest BCUT2D eigenvalue weighted by atomic mass is 32.2. The van der Waals surface area contributed by atoms with Gasteiger partial charge in [0.1, 0.15) is 4.21 Å². The number of hydrogen-bond donors (Lipinski definition) is 1. The highest BCUT2D eigenvalue weighted by molar-refractivity contribution is 7.94. The van der Waals surface area contributed by atoms with E-state index >= 15 is 0 Å². The zero-order valence-corrected chi connectivity index (χ0v) is 15.9. The quantitative estimate of drug-likeness (QED) is 0.753. The van der Waals surface area contributed by atoms with Crippen molar-refractivity contribution < 1.29 is 16.8 Å². The molecule has 0 aliphatic heterocycles. The van der Waals surface area contributed by atoms with Crippen molar-refractivity contribution in [1.82, 2.24) is 4.31 Å². The molecule has 0 radical (unpaired) electrons. The Balaban J connectivity index is 2.16. The minimum absolute atomic E-state index is 0.139. The van der Waals surface area contributed by atoms with E-state index in [1.54, 1.807) is 18.5 Å². The number of benzene rings is 1. The van der Waals surface area contributed by atoms with E-state index in [1.165, 1.54) is 34.6 Å². The average Bonchev–Trinajstić information content (AvgIpc) is 3.08. The first-order valence-electron chi connectivity index (χ1n) is 7.40. The Labute approximate surface area is 147 Å². The third-order valence-electron chi connectivity index (χ3n) is 3.40. The number of anilines is 1. The smallest absolute Gasteiger partial charge is 0.271 e. The number of hydrogen-bond acceptors (Lipinski definition) is 5. The minimum Gasteiger partial charge on any atom is -0.279 e. The van der Waals surface area contributed by atoms with Crippen LogP contribution in [0.4, 0.5) is 5.69 Å². The summed E-state index contributed by atoms with van der Waals surface area (Å²) in [5, 5.41) is 1.68. The van der Waals surface area contributed by atoms with Gasteiger partial charge < -0.3 is 0 Å². The van der Waals surface area contributed by atoms with Crippen molar-refractivity contribution in [2.75, 3.05) is 18.3 Å². The van der Waals surface area contributed by atoms with Crippen LogP contribution in [0.1, 0.15) is 19.8 Å². The van der Waals surface area contributed by atoms with E-state index in [-0.39, 0.29) is 9.10 Å². The van der Waals surface area contributed by atoms with Gasteiger partial charge in [-0.05, 0) is 42.1 Å². The average molecular weight is 389 g/mol. The molecule has 0 amide bonds. The maximum atomic E-state index is 12.4. The van der Waals surface area contributed by atoms with E-state index in [2.05, 4.69) is 4.72 Å². The highest BCUT2D eigenvalue weighted by Crippen LogP contribution is 2.22. The van der Waals surface area contributed by atoms with Crippen molar-refractivity contribution in [3.05, 3.63) is 41.8 Å². The molecule has 0 bridgehead atoms. The van der Waals surface area contributed by atoms with E-state index in [0.717, 1.165) is 24.2 Å². The van der Waals surface area contributed by atoms with Gasteiger partial charge in [-0.25, -0.2) is 21.1 Å². The molecular weight excluding hydrogens is 368 g/mol. The van der Waals surface area contributed by atoms with Gasteiger partial charge in [0.2, 0.25) is 10.0 Å². The third kappa shape index (κ3) is 4.35. The molecule has 0 spiro atoms. The summed E-state index contributed by atoms with van der Waals surface area (Å²) in [6, 6.07) is 8.88. The summed E-state index contributed by atoms with van der Waals surface area (Å²) >= 11 is 1.11. The van der Waals surface area contributed by atoms with E-state index in [1.807, 2.05) is 6.92 Å². The Morgan fingerprint density at radius 3 is 2.29 bits per heavy atom. The lowest BCUT2D eigenvalue weighted by Gasteiger charge is -2.17. The zero-order chi connectivity index (χ0) is 17.8. The lowest BCUT2D eigenvalue weighted by atomic mass is 10.3. The van der Waals surface area contributed by atoms with Gasteiger partial charge in [0.15, 0.2) is 0 Å². The SMILES string of the molecule is CCCCN(C)S(=O)(=O)c1ccc(NS(=O)(=O)c2cccs2)cc1. The van der Waals surface area contributed by atoms with Gasteiger partial charge in [0.25, 0.3) is 10.0 Å². The number of rotatable bonds is 8. The summed E-state index contributed by atoms with van der Waals surface area (Å²) in [5.74, 6) is 0. The molecule has 1 aromatic carbocycles. The maximum absolute atomic E-state index is 12.4. The lowest BCUT2D eigenvalue weighted by molar-refractivity contribution is 0.459. The van der Waals surface area contributed by atoms with Crippen LogP contribution in [0.5, 0.6) is 0 Å². The maximum Gasteiger partial charge on any atom is 0.271 e. The molecule has 6 nitrogen and oxygen atoms in total. The third-order valence-corrected chi connectivity index (χ3v) is 8.05. The Bertz CT molecular complexity index is 858. The fraction of sp³-hybridized carbons (Fsp3) is 0.333. The Morgan fingerprint density at radius 1 is 1.08 bits per heavy atom. The molecule has 0 aliphatic rings. The summed E-state index contributed by atoms with van der Waals surface area (Å²) in [6.45, 7) is 2.44. The van der Waals surface area contributed by atoms with Crippen LogP contribution in [-0.2, 0) is 20.0 Å². The van der Waals surface area contributed by atoms with Crippen molar-refractivity contribution in [2.45, 2.75) is 28.9 Å². The first-order chi connectivity index (χ1) is 11.3. The summed E-state index contributed by atoms with van der Waals surface area (Å²) in [7, 11) is -5.65. The molecule has 0 atom stereocenters. The van der Waals surface area contributed by atoms with Crippen LogP contribution in [0.2, 0.25) is 0 Å². The molecule has 2 aromatic rings. The van der Waals surface area contributed by atoms with Crippen LogP contribution in [0.15, 0.2) is 50.9 Å². The number of unbranched alkanes of at least 4 members (excludes halogenated alkanes) is 1. The van der Waals surface area contributed by atoms with Gasteiger partial charge in [-0.3, -0.25) is 4.72 Å².